The zero-order valence-corrected chi connectivity index (χ0v) is 25.6. The molecule has 0 aliphatic heterocycles. The fourth-order valence-electron chi connectivity index (χ4n) is 2.95. The summed E-state index contributed by atoms with van der Waals surface area (Å²) in [5.74, 6) is -0.926. The van der Waals surface area contributed by atoms with Crippen LogP contribution in [0, 0.1) is 5.92 Å². The van der Waals surface area contributed by atoms with Gasteiger partial charge in [-0.05, 0) is 19.8 Å². The molecule has 3 atom stereocenters. The topological polar surface area (TPSA) is 120 Å². The SMILES string of the molecule is CC(C)[C@H](NC(=O)[C@H](C)N)C(=O)N[C@@H](C)C(=O)OCc1ccc(OCc2cc[c]([Po][I])cc2)cc1. The second-order valence-electron chi connectivity index (χ2n) is 8.51. The van der Waals surface area contributed by atoms with Gasteiger partial charge < -0.3 is 16.4 Å². The van der Waals surface area contributed by atoms with Crippen LogP contribution in [-0.2, 0) is 32.3 Å². The van der Waals surface area contributed by atoms with Gasteiger partial charge in [0, 0.05) is 0 Å². The summed E-state index contributed by atoms with van der Waals surface area (Å²) in [5.41, 5.74) is 7.48. The van der Waals surface area contributed by atoms with E-state index in [1.165, 1.54) is 17.1 Å². The molecule has 0 aromatic heterocycles. The Hall–Kier alpha value is -1.76. The first kappa shape index (κ1) is 29.5. The molecule has 0 radical (unpaired) electrons. The molecule has 0 saturated heterocycles. The molecule has 0 aliphatic carbocycles. The van der Waals surface area contributed by atoms with Gasteiger partial charge in [-0.1, -0.05) is 13.8 Å². The molecule has 0 bridgehead atoms. The van der Waals surface area contributed by atoms with Crippen molar-refractivity contribution in [2.75, 3.05) is 0 Å². The number of esters is 1. The number of halogens is 1. The van der Waals surface area contributed by atoms with Crippen molar-refractivity contribution in [1.29, 1.82) is 0 Å². The van der Waals surface area contributed by atoms with Gasteiger partial charge in [0.25, 0.3) is 0 Å². The molecule has 0 heterocycles. The van der Waals surface area contributed by atoms with Crippen LogP contribution in [0.1, 0.15) is 38.8 Å². The van der Waals surface area contributed by atoms with E-state index in [0.29, 0.717) is 6.61 Å². The second-order valence-corrected chi connectivity index (χ2v) is 14.8. The number of amides is 2. The normalized spacial score (nSPS) is 13.5. The standard InChI is InChI=1S/C25H32N3O5.HI.Po/c1-16(2)22(28-23(29)17(3)26)24(30)27-18(4)25(31)33-15-20-10-12-21(13-11-20)32-14-19-8-6-5-7-9-19;;/h6-13,16-18,22H,14-15,26H2,1-4H3,(H,27,30)(H,28,29);1H;/q;;+1/p-1/t17-,18-,22-;;/m0../s1. The molecule has 190 valence electrons. The van der Waals surface area contributed by atoms with Crippen molar-refractivity contribution >= 4 is 58.3 Å². The molecule has 0 spiro atoms. The molecule has 0 fully saturated rings. The molecule has 2 aromatic carbocycles. The van der Waals surface area contributed by atoms with E-state index in [0.717, 1.165) is 16.9 Å². The van der Waals surface area contributed by atoms with Crippen LogP contribution >= 0.6 is 18.0 Å². The molecular formula is C25H32IN3O5Po. The van der Waals surface area contributed by atoms with E-state index in [1.54, 1.807) is 13.8 Å². The van der Waals surface area contributed by atoms with Gasteiger partial charge >= 0.3 is 135 Å². The van der Waals surface area contributed by atoms with Crippen LogP contribution < -0.4 is 24.3 Å². The van der Waals surface area contributed by atoms with E-state index in [4.69, 9.17) is 15.2 Å². The molecule has 2 amide bonds. The summed E-state index contributed by atoms with van der Waals surface area (Å²) < 4.78 is 12.6. The fourth-order valence-corrected chi connectivity index (χ4v) is 6.45. The van der Waals surface area contributed by atoms with E-state index in [-0.39, 0.29) is 12.5 Å². The summed E-state index contributed by atoms with van der Waals surface area (Å²) in [5, 5.41) is 5.21. The first-order chi connectivity index (χ1) is 16.6. The van der Waals surface area contributed by atoms with Crippen molar-refractivity contribution < 1.29 is 23.9 Å². The second kappa shape index (κ2) is 14.7. The number of hydrogen-bond donors (Lipinski definition) is 3. The average Bonchev–Trinajstić information content (AvgIpc) is 2.84. The van der Waals surface area contributed by atoms with Crippen LogP contribution in [0.25, 0.3) is 0 Å². The quantitative estimate of drug-likeness (QED) is 0.224. The monoisotopic (exact) mass is 790 g/mol. The van der Waals surface area contributed by atoms with Gasteiger partial charge in [-0.2, -0.15) is 0 Å². The molecule has 0 aliphatic rings. The van der Waals surface area contributed by atoms with Crippen LogP contribution in [-0.4, -0.2) is 55.3 Å². The molecule has 0 unspecified atom stereocenters. The van der Waals surface area contributed by atoms with E-state index in [1.807, 2.05) is 24.3 Å². The van der Waals surface area contributed by atoms with E-state index >= 15 is 0 Å². The van der Waals surface area contributed by atoms with Crippen molar-refractivity contribution in [3.63, 3.8) is 0 Å². The predicted octanol–water partition coefficient (Wildman–Crippen LogP) is 1.98. The molecule has 0 saturated carbocycles. The van der Waals surface area contributed by atoms with Gasteiger partial charge in [-0.25, -0.2) is 4.79 Å². The summed E-state index contributed by atoms with van der Waals surface area (Å²) >= 11 is 2.09. The fraction of sp³-hybridized carbons (Fsp3) is 0.400. The third-order valence-electron chi connectivity index (χ3n) is 5.10. The van der Waals surface area contributed by atoms with Crippen molar-refractivity contribution in [1.82, 2.24) is 10.6 Å². The molecular weight excluding hydrogens is 758 g/mol. The number of nitrogens with one attached hydrogen (secondary N) is 2. The number of carbonyl (C=O) groups is 3. The predicted molar refractivity (Wildman–Crippen MR) is 144 cm³/mol. The summed E-state index contributed by atoms with van der Waals surface area (Å²) in [6.45, 7) is 7.22. The van der Waals surface area contributed by atoms with Gasteiger partial charge in [-0.15, -0.1) is 0 Å². The molecule has 2 rings (SSSR count). The Labute approximate surface area is 227 Å². The van der Waals surface area contributed by atoms with E-state index in [2.05, 4.69) is 52.8 Å². The zero-order valence-electron chi connectivity index (χ0n) is 20.2. The van der Waals surface area contributed by atoms with Crippen molar-refractivity contribution in [3.8, 4) is 5.75 Å². The Morgan fingerprint density at radius 3 is 2.00 bits per heavy atom. The van der Waals surface area contributed by atoms with Crippen molar-refractivity contribution in [3.05, 3.63) is 59.7 Å². The number of rotatable bonds is 12. The first-order valence-electron chi connectivity index (χ1n) is 11.2. The Morgan fingerprint density at radius 2 is 1.46 bits per heavy atom. The summed E-state index contributed by atoms with van der Waals surface area (Å²) in [6, 6.07) is 13.4. The van der Waals surface area contributed by atoms with Crippen molar-refractivity contribution in [2.45, 2.75) is 59.0 Å². The zero-order chi connectivity index (χ0) is 26.0. The van der Waals surface area contributed by atoms with Crippen LogP contribution in [0.2, 0.25) is 0 Å². The number of ether oxygens (including phenoxy) is 2. The van der Waals surface area contributed by atoms with Gasteiger partial charge in [0.2, 0.25) is 11.8 Å². The van der Waals surface area contributed by atoms with E-state index < -0.39 is 55.3 Å². The Kier molecular flexibility index (Phi) is 12.4. The third kappa shape index (κ3) is 10.0. The molecule has 8 nitrogen and oxygen atoms in total. The van der Waals surface area contributed by atoms with E-state index in [9.17, 15) is 14.4 Å². The maximum absolute atomic E-state index is 12.6. The summed E-state index contributed by atoms with van der Waals surface area (Å²) in [7, 11) is 0. The molecule has 10 heteroatoms. The van der Waals surface area contributed by atoms with Gasteiger partial charge in [0.15, 0.2) is 0 Å². The Bertz CT molecular complexity index is 984. The molecule has 35 heavy (non-hydrogen) atoms. The van der Waals surface area contributed by atoms with Crippen LogP contribution in [0.5, 0.6) is 5.75 Å². The molecule has 2 aromatic rings. The number of carbonyl (C=O) groups excluding carboxylic acids is 3. The maximum atomic E-state index is 12.6. The van der Waals surface area contributed by atoms with Gasteiger partial charge in [0.05, 0.1) is 6.04 Å². The summed E-state index contributed by atoms with van der Waals surface area (Å²) in [6.07, 6.45) is 0. The number of nitrogens with two attached hydrogens (primary N) is 1. The Morgan fingerprint density at radius 1 is 0.886 bits per heavy atom. The van der Waals surface area contributed by atoms with Gasteiger partial charge in [-0.3, -0.25) is 9.59 Å². The molecule has 4 N–H and O–H groups in total. The minimum atomic E-state index is -0.875. The first-order valence-corrected chi connectivity index (χ1v) is 21.7. The van der Waals surface area contributed by atoms with Crippen molar-refractivity contribution in [2.24, 2.45) is 11.7 Å². The van der Waals surface area contributed by atoms with Crippen LogP contribution in [0.3, 0.4) is 0 Å². The number of benzene rings is 2. The minimum absolute atomic E-state index is 0.0663. The third-order valence-corrected chi connectivity index (χ3v) is 11.3. The average molecular weight is 790 g/mol. The summed E-state index contributed by atoms with van der Waals surface area (Å²) in [4.78, 5) is 36.8. The van der Waals surface area contributed by atoms with Crippen LogP contribution in [0.4, 0.5) is 0 Å². The van der Waals surface area contributed by atoms with Gasteiger partial charge in [0.1, 0.15) is 12.1 Å². The number of hydrogen-bond acceptors (Lipinski definition) is 6. The Balaban J connectivity index is 1.81. The van der Waals surface area contributed by atoms with Crippen LogP contribution in [0.15, 0.2) is 48.5 Å².